The van der Waals surface area contributed by atoms with Crippen LogP contribution in [0.15, 0.2) is 24.3 Å². The maximum Gasteiger partial charge on any atom is 0.356 e. The number of alkyl halides is 1. The van der Waals surface area contributed by atoms with E-state index in [4.69, 9.17) is 16.3 Å². The zero-order chi connectivity index (χ0) is 15.8. The Bertz CT molecular complexity index is 721. The molecule has 2 rings (SSSR count). The lowest BCUT2D eigenvalue weighted by atomic mass is 9.95. The van der Waals surface area contributed by atoms with Crippen LogP contribution in [0.2, 0.25) is 0 Å². The first-order valence-electron chi connectivity index (χ1n) is 6.33. The van der Waals surface area contributed by atoms with Crippen LogP contribution < -0.4 is 0 Å². The van der Waals surface area contributed by atoms with Crippen LogP contribution in [0, 0.1) is 8.99 Å². The SMILES string of the molecule is COC(=O)c1c(I)c2ccccc2n1C(=O)C(C)(C)CCl. The number of esters is 1. The van der Waals surface area contributed by atoms with Crippen LogP contribution >= 0.6 is 34.2 Å². The number of carbonyl (C=O) groups excluding carboxylic acids is 2. The Morgan fingerprint density at radius 2 is 1.95 bits per heavy atom. The van der Waals surface area contributed by atoms with Crippen molar-refractivity contribution in [2.24, 2.45) is 5.41 Å². The van der Waals surface area contributed by atoms with Gasteiger partial charge in [0.15, 0.2) is 0 Å². The molecule has 1 aromatic heterocycles. The van der Waals surface area contributed by atoms with Crippen molar-refractivity contribution in [1.82, 2.24) is 4.57 Å². The van der Waals surface area contributed by atoms with Gasteiger partial charge in [-0.1, -0.05) is 18.2 Å². The summed E-state index contributed by atoms with van der Waals surface area (Å²) in [6.45, 7) is 3.51. The van der Waals surface area contributed by atoms with Gasteiger partial charge in [-0.05, 0) is 42.5 Å². The molecule has 0 saturated heterocycles. The molecule has 1 heterocycles. The molecule has 0 saturated carbocycles. The summed E-state index contributed by atoms with van der Waals surface area (Å²) < 4.78 is 6.96. The molecule has 0 aliphatic carbocycles. The molecule has 0 aliphatic heterocycles. The number of fused-ring (bicyclic) bond motifs is 1. The number of ether oxygens (including phenoxy) is 1. The summed E-state index contributed by atoms with van der Waals surface area (Å²) >= 11 is 7.97. The molecule has 0 radical (unpaired) electrons. The summed E-state index contributed by atoms with van der Waals surface area (Å²) in [7, 11) is 1.30. The van der Waals surface area contributed by atoms with E-state index in [-0.39, 0.29) is 17.5 Å². The minimum Gasteiger partial charge on any atom is -0.464 e. The Morgan fingerprint density at radius 1 is 1.33 bits per heavy atom. The number of benzene rings is 1. The first-order chi connectivity index (χ1) is 9.85. The number of hydrogen-bond acceptors (Lipinski definition) is 3. The highest BCUT2D eigenvalue weighted by Gasteiger charge is 2.34. The summed E-state index contributed by atoms with van der Waals surface area (Å²) in [4.78, 5) is 24.9. The summed E-state index contributed by atoms with van der Waals surface area (Å²) in [6.07, 6.45) is 0. The van der Waals surface area contributed by atoms with Gasteiger partial charge in [0.1, 0.15) is 5.69 Å². The topological polar surface area (TPSA) is 48.3 Å². The third kappa shape index (κ3) is 2.68. The van der Waals surface area contributed by atoms with Crippen molar-refractivity contribution in [3.05, 3.63) is 33.5 Å². The molecule has 0 bridgehead atoms. The van der Waals surface area contributed by atoms with E-state index in [1.807, 2.05) is 24.3 Å². The highest BCUT2D eigenvalue weighted by Crippen LogP contribution is 2.31. The summed E-state index contributed by atoms with van der Waals surface area (Å²) in [5, 5.41) is 0.845. The van der Waals surface area contributed by atoms with Crippen LogP contribution in [0.3, 0.4) is 0 Å². The fraction of sp³-hybridized carbons (Fsp3) is 0.333. The van der Waals surface area contributed by atoms with Gasteiger partial charge < -0.3 is 4.74 Å². The first kappa shape index (κ1) is 16.3. The zero-order valence-corrected chi connectivity index (χ0v) is 14.9. The Balaban J connectivity index is 2.83. The van der Waals surface area contributed by atoms with Crippen LogP contribution in [-0.4, -0.2) is 29.4 Å². The largest absolute Gasteiger partial charge is 0.464 e. The van der Waals surface area contributed by atoms with Gasteiger partial charge >= 0.3 is 5.97 Å². The second kappa shape index (κ2) is 5.96. The second-order valence-electron chi connectivity index (χ2n) is 5.33. The van der Waals surface area contributed by atoms with Crippen molar-refractivity contribution >= 4 is 57.0 Å². The molecule has 112 valence electrons. The van der Waals surface area contributed by atoms with Crippen LogP contribution in [0.4, 0.5) is 0 Å². The van der Waals surface area contributed by atoms with Gasteiger partial charge in [0.25, 0.3) is 0 Å². The fourth-order valence-corrected chi connectivity index (χ4v) is 3.08. The zero-order valence-electron chi connectivity index (χ0n) is 11.9. The van der Waals surface area contributed by atoms with Gasteiger partial charge in [0.05, 0.1) is 21.6 Å². The van der Waals surface area contributed by atoms with Gasteiger partial charge in [-0.2, -0.15) is 0 Å². The maximum absolute atomic E-state index is 12.8. The van der Waals surface area contributed by atoms with Crippen molar-refractivity contribution in [1.29, 1.82) is 0 Å². The molecule has 0 amide bonds. The minimum atomic E-state index is -0.783. The van der Waals surface area contributed by atoms with E-state index in [9.17, 15) is 9.59 Å². The van der Waals surface area contributed by atoms with E-state index in [1.54, 1.807) is 13.8 Å². The summed E-state index contributed by atoms with van der Waals surface area (Å²) in [5.74, 6) is -0.596. The average Bonchev–Trinajstić information content (AvgIpc) is 2.79. The van der Waals surface area contributed by atoms with Gasteiger partial charge in [0.2, 0.25) is 5.91 Å². The molecule has 0 atom stereocenters. The number of halogens is 2. The van der Waals surface area contributed by atoms with Gasteiger partial charge in [-0.15, -0.1) is 11.6 Å². The predicted molar refractivity (Wildman–Crippen MR) is 91.1 cm³/mol. The van der Waals surface area contributed by atoms with E-state index < -0.39 is 11.4 Å². The number of nitrogens with zero attached hydrogens (tertiary/aromatic N) is 1. The van der Waals surface area contributed by atoms with Crippen LogP contribution in [0.5, 0.6) is 0 Å². The van der Waals surface area contributed by atoms with Crippen molar-refractivity contribution in [2.45, 2.75) is 13.8 Å². The second-order valence-corrected chi connectivity index (χ2v) is 6.68. The third-order valence-electron chi connectivity index (χ3n) is 3.31. The third-order valence-corrected chi connectivity index (χ3v) is 5.07. The number of para-hydroxylation sites is 1. The summed E-state index contributed by atoms with van der Waals surface area (Å²) in [5.41, 5.74) is 0.155. The molecule has 0 fully saturated rings. The van der Waals surface area contributed by atoms with Crippen LogP contribution in [0.1, 0.15) is 29.1 Å². The van der Waals surface area contributed by atoms with E-state index >= 15 is 0 Å². The molecule has 0 N–H and O–H groups in total. The predicted octanol–water partition coefficient (Wildman–Crippen LogP) is 3.94. The molecule has 0 spiro atoms. The van der Waals surface area contributed by atoms with Crippen molar-refractivity contribution in [2.75, 3.05) is 13.0 Å². The summed E-state index contributed by atoms with van der Waals surface area (Å²) in [6, 6.07) is 7.39. The maximum atomic E-state index is 12.8. The first-order valence-corrected chi connectivity index (χ1v) is 7.94. The smallest absolute Gasteiger partial charge is 0.356 e. The Morgan fingerprint density at radius 3 is 2.52 bits per heavy atom. The number of hydrogen-bond donors (Lipinski definition) is 0. The molecule has 4 nitrogen and oxygen atoms in total. The average molecular weight is 420 g/mol. The Kier molecular flexibility index (Phi) is 4.63. The highest BCUT2D eigenvalue weighted by molar-refractivity contribution is 14.1. The number of methoxy groups -OCH3 is 1. The van der Waals surface area contributed by atoms with Crippen LogP contribution in [0.25, 0.3) is 10.9 Å². The molecular formula is C15H15ClINO3. The quantitative estimate of drug-likeness (QED) is 0.430. The van der Waals surface area contributed by atoms with Crippen molar-refractivity contribution < 1.29 is 14.3 Å². The minimum absolute atomic E-state index is 0.162. The molecule has 6 heteroatoms. The fourth-order valence-electron chi connectivity index (χ4n) is 2.05. The molecular weight excluding hydrogens is 405 g/mol. The lowest BCUT2D eigenvalue weighted by Crippen LogP contribution is -2.33. The highest BCUT2D eigenvalue weighted by atomic mass is 127. The molecule has 2 aromatic rings. The van der Waals surface area contributed by atoms with Crippen LogP contribution in [-0.2, 0) is 4.74 Å². The lowest BCUT2D eigenvalue weighted by Gasteiger charge is -2.21. The van der Waals surface area contributed by atoms with Crippen molar-refractivity contribution in [3.63, 3.8) is 0 Å². The lowest BCUT2D eigenvalue weighted by molar-refractivity contribution is 0.0571. The Labute approximate surface area is 141 Å². The standard InChI is InChI=1S/C15H15ClINO3/c1-15(2,8-16)14(20)18-10-7-5-4-6-9(10)11(17)12(18)13(19)21-3/h4-7H,8H2,1-3H3. The van der Waals surface area contributed by atoms with E-state index in [1.165, 1.54) is 11.7 Å². The van der Waals surface area contributed by atoms with Gasteiger partial charge in [-0.3, -0.25) is 9.36 Å². The number of rotatable bonds is 3. The molecule has 21 heavy (non-hydrogen) atoms. The van der Waals surface area contributed by atoms with Gasteiger partial charge in [0, 0.05) is 11.3 Å². The van der Waals surface area contributed by atoms with Crippen molar-refractivity contribution in [3.8, 4) is 0 Å². The number of aromatic nitrogens is 1. The van der Waals surface area contributed by atoms with E-state index in [0.29, 0.717) is 9.09 Å². The number of carbonyl (C=O) groups is 2. The molecule has 1 aromatic carbocycles. The van der Waals surface area contributed by atoms with E-state index in [0.717, 1.165) is 5.39 Å². The molecule has 0 unspecified atom stereocenters. The monoisotopic (exact) mass is 419 g/mol. The molecule has 0 aliphatic rings. The Hall–Kier alpha value is -1.08. The van der Waals surface area contributed by atoms with E-state index in [2.05, 4.69) is 22.6 Å². The van der Waals surface area contributed by atoms with Gasteiger partial charge in [-0.25, -0.2) is 4.79 Å². The normalized spacial score (nSPS) is 11.7.